The highest BCUT2D eigenvalue weighted by molar-refractivity contribution is 9.10. The van der Waals surface area contributed by atoms with Crippen molar-refractivity contribution >= 4 is 38.8 Å². The highest BCUT2D eigenvalue weighted by Crippen LogP contribution is 2.43. The van der Waals surface area contributed by atoms with Gasteiger partial charge >= 0.3 is 0 Å². The Morgan fingerprint density at radius 2 is 1.95 bits per heavy atom. The van der Waals surface area contributed by atoms with Crippen LogP contribution in [0.25, 0.3) is 0 Å². The van der Waals surface area contributed by atoms with Crippen molar-refractivity contribution in [2.45, 2.75) is 18.4 Å². The molecule has 2 aromatic carbocycles. The summed E-state index contributed by atoms with van der Waals surface area (Å²) in [5.41, 5.74) is 9.01. The first-order valence-electron chi connectivity index (χ1n) is 6.56. The number of anilines is 1. The van der Waals surface area contributed by atoms with E-state index in [-0.39, 0.29) is 0 Å². The van der Waals surface area contributed by atoms with Gasteiger partial charge in [0.05, 0.1) is 0 Å². The quantitative estimate of drug-likeness (QED) is 0.820. The fourth-order valence-corrected chi connectivity index (χ4v) is 3.03. The van der Waals surface area contributed by atoms with Crippen molar-refractivity contribution in [3.8, 4) is 0 Å². The highest BCUT2D eigenvalue weighted by atomic mass is 79.9. The highest BCUT2D eigenvalue weighted by Gasteiger charge is 2.38. The van der Waals surface area contributed by atoms with Crippen LogP contribution in [0.4, 0.5) is 5.69 Å². The van der Waals surface area contributed by atoms with Crippen molar-refractivity contribution in [3.05, 3.63) is 64.1 Å². The van der Waals surface area contributed by atoms with E-state index in [1.54, 1.807) is 0 Å². The summed E-state index contributed by atoms with van der Waals surface area (Å²) in [5.74, 6) is 0.610. The molecule has 1 aliphatic rings. The van der Waals surface area contributed by atoms with Crippen molar-refractivity contribution in [1.82, 2.24) is 0 Å². The molecule has 2 atom stereocenters. The molecule has 3 N–H and O–H groups in total. The molecule has 2 nitrogen and oxygen atoms in total. The molecule has 0 amide bonds. The lowest BCUT2D eigenvalue weighted by Gasteiger charge is -2.10. The molecule has 0 heterocycles. The van der Waals surface area contributed by atoms with Crippen LogP contribution in [0.5, 0.6) is 0 Å². The molecule has 0 radical (unpaired) electrons. The Morgan fingerprint density at radius 3 is 2.60 bits per heavy atom. The fraction of sp³-hybridized carbons (Fsp3) is 0.188. The molecule has 0 aliphatic heterocycles. The van der Waals surface area contributed by atoms with Gasteiger partial charge in [0.1, 0.15) is 4.99 Å². The van der Waals surface area contributed by atoms with Gasteiger partial charge in [-0.05, 0) is 46.1 Å². The van der Waals surface area contributed by atoms with E-state index in [1.807, 2.05) is 18.2 Å². The van der Waals surface area contributed by atoms with Gasteiger partial charge in [-0.15, -0.1) is 0 Å². The lowest BCUT2D eigenvalue weighted by Crippen LogP contribution is -2.10. The predicted octanol–water partition coefficient (Wildman–Crippen LogP) is 4.05. The van der Waals surface area contributed by atoms with E-state index in [0.717, 1.165) is 15.7 Å². The Morgan fingerprint density at radius 1 is 1.20 bits per heavy atom. The van der Waals surface area contributed by atoms with Crippen molar-refractivity contribution in [1.29, 1.82) is 0 Å². The van der Waals surface area contributed by atoms with Gasteiger partial charge in [-0.25, -0.2) is 0 Å². The third-order valence-electron chi connectivity index (χ3n) is 3.61. The summed E-state index contributed by atoms with van der Waals surface area (Å²) >= 11 is 8.55. The summed E-state index contributed by atoms with van der Waals surface area (Å²) in [6, 6.07) is 17.1. The number of rotatable bonds is 4. The summed E-state index contributed by atoms with van der Waals surface area (Å²) < 4.78 is 1.00. The number of benzene rings is 2. The van der Waals surface area contributed by atoms with Crippen molar-refractivity contribution in [3.63, 3.8) is 0 Å². The number of nitrogens with one attached hydrogen (secondary N) is 1. The normalized spacial score (nSPS) is 20.4. The summed E-state index contributed by atoms with van der Waals surface area (Å²) in [7, 11) is 0. The molecule has 0 saturated heterocycles. The first-order chi connectivity index (χ1) is 9.65. The second-order valence-electron chi connectivity index (χ2n) is 5.06. The van der Waals surface area contributed by atoms with Crippen molar-refractivity contribution in [2.75, 3.05) is 5.32 Å². The average Bonchev–Trinajstić information content (AvgIpc) is 3.21. The Balaban J connectivity index is 1.70. The second kappa shape index (κ2) is 5.54. The smallest absolute Gasteiger partial charge is 0.104 e. The summed E-state index contributed by atoms with van der Waals surface area (Å²) in [6.45, 7) is 0. The first-order valence-corrected chi connectivity index (χ1v) is 7.76. The van der Waals surface area contributed by atoms with Gasteiger partial charge in [-0.1, -0.05) is 42.5 Å². The average molecular weight is 347 g/mol. The molecule has 3 rings (SSSR count). The number of thiocarbonyl (C=S) groups is 1. The van der Waals surface area contributed by atoms with Crippen LogP contribution in [-0.2, 0) is 0 Å². The number of hydrogen-bond donors (Lipinski definition) is 2. The van der Waals surface area contributed by atoms with Gasteiger partial charge in [0.25, 0.3) is 0 Å². The van der Waals surface area contributed by atoms with Crippen LogP contribution in [-0.4, -0.2) is 11.0 Å². The van der Waals surface area contributed by atoms with Gasteiger partial charge in [-0.2, -0.15) is 0 Å². The number of halogens is 1. The van der Waals surface area contributed by atoms with E-state index in [2.05, 4.69) is 51.6 Å². The van der Waals surface area contributed by atoms with Gasteiger partial charge in [0.15, 0.2) is 0 Å². The number of nitrogens with two attached hydrogens (primary N) is 1. The Bertz CT molecular complexity index is 642. The maximum absolute atomic E-state index is 5.63. The van der Waals surface area contributed by atoms with Gasteiger partial charge < -0.3 is 11.1 Å². The molecule has 2 unspecified atom stereocenters. The zero-order valence-corrected chi connectivity index (χ0v) is 13.2. The van der Waals surface area contributed by atoms with Crippen molar-refractivity contribution < 1.29 is 0 Å². The molecule has 1 fully saturated rings. The topological polar surface area (TPSA) is 38.0 Å². The van der Waals surface area contributed by atoms with Crippen LogP contribution in [0.15, 0.2) is 53.0 Å². The SMILES string of the molecule is NC(=S)c1ccc(NC2CC2c2ccccc2)c(Br)c1. The zero-order chi connectivity index (χ0) is 14.1. The van der Waals surface area contributed by atoms with E-state index in [1.165, 1.54) is 12.0 Å². The third kappa shape index (κ3) is 2.86. The monoisotopic (exact) mass is 346 g/mol. The van der Waals surface area contributed by atoms with Crippen LogP contribution in [0.1, 0.15) is 23.5 Å². The van der Waals surface area contributed by atoms with E-state index in [4.69, 9.17) is 18.0 Å². The van der Waals surface area contributed by atoms with Gasteiger partial charge in [0.2, 0.25) is 0 Å². The fourth-order valence-electron chi connectivity index (χ4n) is 2.41. The summed E-state index contributed by atoms with van der Waals surface area (Å²) in [4.78, 5) is 0.422. The van der Waals surface area contributed by atoms with Gasteiger partial charge in [-0.3, -0.25) is 0 Å². The van der Waals surface area contributed by atoms with E-state index < -0.39 is 0 Å². The lowest BCUT2D eigenvalue weighted by molar-refractivity contribution is 1.04. The largest absolute Gasteiger partial charge is 0.389 e. The van der Waals surface area contributed by atoms with E-state index in [0.29, 0.717) is 16.9 Å². The molecule has 1 saturated carbocycles. The van der Waals surface area contributed by atoms with Crippen molar-refractivity contribution in [2.24, 2.45) is 5.73 Å². The van der Waals surface area contributed by atoms with E-state index in [9.17, 15) is 0 Å². The molecule has 0 aromatic heterocycles. The maximum atomic E-state index is 5.63. The molecule has 0 spiro atoms. The molecule has 102 valence electrons. The van der Waals surface area contributed by atoms with E-state index >= 15 is 0 Å². The van der Waals surface area contributed by atoms with Gasteiger partial charge in [0, 0.05) is 27.7 Å². The molecular formula is C16H15BrN2S. The first kappa shape index (κ1) is 13.6. The minimum atomic E-state index is 0.422. The summed E-state index contributed by atoms with van der Waals surface area (Å²) in [5, 5.41) is 3.57. The van der Waals surface area contributed by atoms with Crippen LogP contribution in [0.2, 0.25) is 0 Å². The summed E-state index contributed by atoms with van der Waals surface area (Å²) in [6.07, 6.45) is 1.17. The second-order valence-corrected chi connectivity index (χ2v) is 6.36. The molecule has 0 bridgehead atoms. The van der Waals surface area contributed by atoms with Crippen LogP contribution in [0.3, 0.4) is 0 Å². The molecule has 4 heteroatoms. The van der Waals surface area contributed by atoms with Crippen LogP contribution < -0.4 is 11.1 Å². The molecule has 2 aromatic rings. The molecular weight excluding hydrogens is 332 g/mol. The minimum Gasteiger partial charge on any atom is -0.389 e. The maximum Gasteiger partial charge on any atom is 0.104 e. The zero-order valence-electron chi connectivity index (χ0n) is 10.8. The molecule has 1 aliphatic carbocycles. The lowest BCUT2D eigenvalue weighted by atomic mass is 10.1. The Hall–Kier alpha value is -1.39. The minimum absolute atomic E-state index is 0.422. The molecule has 20 heavy (non-hydrogen) atoms. The predicted molar refractivity (Wildman–Crippen MR) is 91.2 cm³/mol. The number of hydrogen-bond acceptors (Lipinski definition) is 2. The standard InChI is InChI=1S/C16H15BrN2S/c17-13-8-11(16(18)20)6-7-14(13)19-15-9-12(15)10-4-2-1-3-5-10/h1-8,12,15,19H,9H2,(H2,18,20). The van der Waals surface area contributed by atoms with Crippen LogP contribution in [0, 0.1) is 0 Å². The van der Waals surface area contributed by atoms with Crippen LogP contribution >= 0.6 is 28.1 Å². The third-order valence-corrected chi connectivity index (χ3v) is 4.50. The Labute approximate surface area is 132 Å². The Kier molecular flexibility index (Phi) is 3.76.